The molecule has 0 amide bonds. The van der Waals surface area contributed by atoms with Crippen molar-refractivity contribution in [3.8, 4) is 0 Å². The van der Waals surface area contributed by atoms with Crippen LogP contribution in [0.3, 0.4) is 0 Å². The Hall–Kier alpha value is 0.0125. The van der Waals surface area contributed by atoms with Gasteiger partial charge in [-0.25, -0.2) is 0 Å². The van der Waals surface area contributed by atoms with Crippen LogP contribution in [-0.2, 0) is 21.2 Å². The molecule has 6 heteroatoms. The summed E-state index contributed by atoms with van der Waals surface area (Å²) in [6, 6.07) is 0. The van der Waals surface area contributed by atoms with Crippen molar-refractivity contribution in [3.63, 3.8) is 0 Å². The molecule has 5 nitrogen and oxygen atoms in total. The van der Waals surface area contributed by atoms with Gasteiger partial charge in [-0.15, -0.1) is 0 Å². The normalized spacial score (nSPS) is 11.9. The van der Waals surface area contributed by atoms with Crippen LogP contribution in [0.2, 0.25) is 0 Å². The molecule has 0 aliphatic carbocycles. The molecule has 0 fully saturated rings. The quantitative estimate of drug-likeness (QED) is 0.369. The van der Waals surface area contributed by atoms with E-state index in [2.05, 4.69) is 6.92 Å². The van der Waals surface area contributed by atoms with Gasteiger partial charge in [0.1, 0.15) is 0 Å². The summed E-state index contributed by atoms with van der Waals surface area (Å²) in [7, 11) is 0. The van der Waals surface area contributed by atoms with E-state index in [0.717, 1.165) is 6.42 Å². The molecule has 0 rings (SSSR count). The second-order valence-electron chi connectivity index (χ2n) is 7.25. The van der Waals surface area contributed by atoms with Crippen LogP contribution in [0.1, 0.15) is 111 Å². The van der Waals surface area contributed by atoms with E-state index >= 15 is 0 Å². The zero-order valence-electron chi connectivity index (χ0n) is 16.0. The number of hydrogen-bond acceptors (Lipinski definition) is 3. The Balaban J connectivity index is 0. The summed E-state index contributed by atoms with van der Waals surface area (Å²) in [6.45, 7) is 6.10. The van der Waals surface area contributed by atoms with Crippen LogP contribution in [0.25, 0.3) is 0 Å². The van der Waals surface area contributed by atoms with Crippen LogP contribution in [-0.4, -0.2) is 19.0 Å². The Morgan fingerprint density at radius 2 is 0.917 bits per heavy atom. The number of rotatable bonds is 14. The van der Waals surface area contributed by atoms with Gasteiger partial charge in [0.05, 0.1) is 5.60 Å². The number of hydrogen-bond donors (Lipinski definition) is 3. The van der Waals surface area contributed by atoms with Gasteiger partial charge in [-0.05, 0) is 20.3 Å². The minimum atomic E-state index is -5.25. The van der Waals surface area contributed by atoms with Crippen molar-refractivity contribution in [2.75, 3.05) is 0 Å². The Labute approximate surface area is 151 Å². The average molecular weight is 389 g/mol. The van der Waals surface area contributed by atoms with Crippen molar-refractivity contribution in [3.05, 3.63) is 0 Å². The molecule has 0 spiro atoms. The molecule has 0 unspecified atom stereocenters. The summed E-state index contributed by atoms with van der Waals surface area (Å²) in [5, 5.41) is 9.59. The monoisotopic (exact) mass is 388 g/mol. The van der Waals surface area contributed by atoms with Gasteiger partial charge in [0.15, 0.2) is 0 Å². The van der Waals surface area contributed by atoms with Crippen LogP contribution in [0.5, 0.6) is 0 Å². The van der Waals surface area contributed by atoms with E-state index < -0.39 is 19.2 Å². The summed E-state index contributed by atoms with van der Waals surface area (Å²) in [5.41, 5.74) is -0.461. The van der Waals surface area contributed by atoms with E-state index in [1.165, 1.54) is 83.5 Å². The van der Waals surface area contributed by atoms with E-state index in [-0.39, 0.29) is 0 Å². The van der Waals surface area contributed by atoms with Crippen molar-refractivity contribution < 1.29 is 34.6 Å². The van der Waals surface area contributed by atoms with E-state index in [1.807, 2.05) is 13.8 Å². The molecule has 148 valence electrons. The maximum absolute atomic E-state index is 9.59. The molecule has 0 aromatic heterocycles. The third-order valence-electron chi connectivity index (χ3n) is 3.89. The van der Waals surface area contributed by atoms with Crippen molar-refractivity contribution >= 4 is 0 Å². The third-order valence-corrected chi connectivity index (χ3v) is 3.89. The zero-order chi connectivity index (χ0) is 18.9. The fraction of sp³-hybridized carbons (Fsp3) is 1.00. The topological polar surface area (TPSA) is 94.8 Å². The molecule has 0 aliphatic rings. The van der Waals surface area contributed by atoms with E-state index in [4.69, 9.17) is 15.9 Å². The number of aliphatic hydroxyl groups is 1. The second kappa shape index (κ2) is 16.5. The SMILES string of the molecule is CCCCCCCCCCCCCCCC(C)(C)O.[O]=[Cr](=[O])([OH])[OH]. The van der Waals surface area contributed by atoms with Crippen molar-refractivity contribution in [1.29, 1.82) is 0 Å². The summed E-state index contributed by atoms with van der Waals surface area (Å²) in [5.74, 6) is 0. The first-order chi connectivity index (χ1) is 11.1. The van der Waals surface area contributed by atoms with Crippen LogP contribution in [0.15, 0.2) is 0 Å². The molecule has 0 radical (unpaired) electrons. The molecule has 24 heavy (non-hydrogen) atoms. The third kappa shape index (κ3) is 37.9. The Morgan fingerprint density at radius 1 is 0.667 bits per heavy atom. The Bertz CT molecular complexity index is 339. The molecule has 0 bridgehead atoms. The van der Waals surface area contributed by atoms with Gasteiger partial charge in [-0.1, -0.05) is 90.4 Å². The molecular weight excluding hydrogens is 348 g/mol. The van der Waals surface area contributed by atoms with Crippen LogP contribution < -0.4 is 0 Å². The average Bonchev–Trinajstić information content (AvgIpc) is 2.41. The predicted octanol–water partition coefficient (Wildman–Crippen LogP) is 4.88. The zero-order valence-corrected chi connectivity index (χ0v) is 17.2. The standard InChI is InChI=1S/C18H38O.Cr.2H2O.2O/c1-4-5-6-7-8-9-10-11-12-13-14-15-16-17-18(2,3)19;;;;;/h19H,4-17H2,1-3H3;;2*1H2;;/q;+2;;;;/p-2. The van der Waals surface area contributed by atoms with E-state index in [1.54, 1.807) is 0 Å². The van der Waals surface area contributed by atoms with Crippen LogP contribution in [0.4, 0.5) is 0 Å². The minimum absolute atomic E-state index is 0.461. The first kappa shape index (κ1) is 26.2. The molecule has 0 aromatic rings. The molecule has 0 aliphatic heterocycles. The fourth-order valence-electron chi connectivity index (χ4n) is 2.58. The van der Waals surface area contributed by atoms with Crippen LogP contribution >= 0.6 is 0 Å². The second-order valence-corrected chi connectivity index (χ2v) is 8.65. The van der Waals surface area contributed by atoms with Gasteiger partial charge in [-0.3, -0.25) is 0 Å². The van der Waals surface area contributed by atoms with Gasteiger partial charge in [0, 0.05) is 0 Å². The summed E-state index contributed by atoms with van der Waals surface area (Å²) < 4.78 is 31.9. The maximum atomic E-state index is 9.59. The molecule has 0 atom stereocenters. The molecular formula is C18H40CrO5. The summed E-state index contributed by atoms with van der Waals surface area (Å²) in [4.78, 5) is 0. The predicted molar refractivity (Wildman–Crippen MR) is 92.4 cm³/mol. The summed E-state index contributed by atoms with van der Waals surface area (Å²) >= 11 is -5.25. The van der Waals surface area contributed by atoms with Crippen molar-refractivity contribution in [2.24, 2.45) is 0 Å². The van der Waals surface area contributed by atoms with Crippen molar-refractivity contribution in [1.82, 2.24) is 0 Å². The van der Waals surface area contributed by atoms with Gasteiger partial charge >= 0.3 is 29.5 Å². The van der Waals surface area contributed by atoms with E-state index in [0.29, 0.717) is 0 Å². The van der Waals surface area contributed by atoms with Gasteiger partial charge < -0.3 is 5.11 Å². The molecule has 0 saturated heterocycles. The van der Waals surface area contributed by atoms with Gasteiger partial charge in [0.25, 0.3) is 0 Å². The molecule has 0 aromatic carbocycles. The van der Waals surface area contributed by atoms with Crippen LogP contribution in [0, 0.1) is 0 Å². The molecule has 0 saturated carbocycles. The Kier molecular flexibility index (Phi) is 18.0. The van der Waals surface area contributed by atoms with Crippen molar-refractivity contribution in [2.45, 2.75) is 116 Å². The molecule has 0 heterocycles. The van der Waals surface area contributed by atoms with E-state index in [9.17, 15) is 5.11 Å². The number of unbranched alkanes of at least 4 members (excludes halogenated alkanes) is 12. The summed E-state index contributed by atoms with van der Waals surface area (Å²) in [6.07, 6.45) is 19.0. The van der Waals surface area contributed by atoms with Gasteiger partial charge in [-0.2, -0.15) is 0 Å². The fourth-order valence-corrected chi connectivity index (χ4v) is 2.58. The molecule has 3 N–H and O–H groups in total. The first-order valence-electron chi connectivity index (χ1n) is 9.48. The first-order valence-corrected chi connectivity index (χ1v) is 11.7. The van der Waals surface area contributed by atoms with Gasteiger partial charge in [0.2, 0.25) is 0 Å². The Morgan fingerprint density at radius 3 is 1.17 bits per heavy atom.